The molecule has 1 N–H and O–H groups in total. The van der Waals surface area contributed by atoms with E-state index in [9.17, 15) is 5.11 Å². The second kappa shape index (κ2) is 6.14. The van der Waals surface area contributed by atoms with Crippen LogP contribution in [-0.2, 0) is 7.05 Å². The molecule has 1 atom stereocenters. The van der Waals surface area contributed by atoms with Crippen LogP contribution in [0.2, 0.25) is 0 Å². The lowest BCUT2D eigenvalue weighted by molar-refractivity contribution is 0.0891. The van der Waals surface area contributed by atoms with Crippen molar-refractivity contribution in [3.8, 4) is 0 Å². The lowest BCUT2D eigenvalue weighted by atomic mass is 9.89. The molecule has 3 aromatic heterocycles. The van der Waals surface area contributed by atoms with Crippen molar-refractivity contribution in [1.82, 2.24) is 19.7 Å². The molecule has 0 unspecified atom stereocenters. The van der Waals surface area contributed by atoms with Crippen molar-refractivity contribution in [2.45, 2.75) is 25.9 Å². The van der Waals surface area contributed by atoms with E-state index in [1.165, 1.54) is 4.70 Å². The van der Waals surface area contributed by atoms with Crippen molar-refractivity contribution in [2.24, 2.45) is 13.0 Å². The van der Waals surface area contributed by atoms with E-state index < -0.39 is 6.10 Å². The maximum atomic E-state index is 10.6. The molecule has 1 saturated heterocycles. The van der Waals surface area contributed by atoms with Crippen LogP contribution in [0.15, 0.2) is 24.4 Å². The molecule has 126 valence electrons. The first-order valence-corrected chi connectivity index (χ1v) is 9.09. The number of rotatable bonds is 3. The SMILES string of the molecule is Cc1nn(C)c2nc(N3CCC([C@@H](O)c4ccccn4)CC3)sc12. The number of pyridine rings is 1. The van der Waals surface area contributed by atoms with Crippen LogP contribution in [0.25, 0.3) is 10.3 Å². The molecule has 0 spiro atoms. The first-order valence-electron chi connectivity index (χ1n) is 8.27. The van der Waals surface area contributed by atoms with Crippen LogP contribution in [0.4, 0.5) is 5.13 Å². The fraction of sp³-hybridized carbons (Fsp3) is 0.471. The zero-order valence-electron chi connectivity index (χ0n) is 13.9. The highest BCUT2D eigenvalue weighted by atomic mass is 32.1. The van der Waals surface area contributed by atoms with Crippen LogP contribution in [-0.4, -0.2) is 37.9 Å². The average Bonchev–Trinajstić information content (AvgIpc) is 3.17. The van der Waals surface area contributed by atoms with Gasteiger partial charge >= 0.3 is 0 Å². The molecule has 6 nitrogen and oxygen atoms in total. The largest absolute Gasteiger partial charge is 0.387 e. The number of aromatic nitrogens is 4. The molecule has 0 aliphatic carbocycles. The molecule has 0 radical (unpaired) electrons. The van der Waals surface area contributed by atoms with Gasteiger partial charge in [-0.05, 0) is 37.8 Å². The summed E-state index contributed by atoms with van der Waals surface area (Å²) in [7, 11) is 1.94. The molecule has 0 saturated carbocycles. The van der Waals surface area contributed by atoms with Crippen LogP contribution < -0.4 is 4.90 Å². The summed E-state index contributed by atoms with van der Waals surface area (Å²) in [5.41, 5.74) is 2.78. The Morgan fingerprint density at radius 2 is 2.08 bits per heavy atom. The van der Waals surface area contributed by atoms with Gasteiger partial charge < -0.3 is 10.0 Å². The van der Waals surface area contributed by atoms with Gasteiger partial charge in [0.2, 0.25) is 0 Å². The van der Waals surface area contributed by atoms with E-state index in [1.807, 2.05) is 36.9 Å². The highest BCUT2D eigenvalue weighted by molar-refractivity contribution is 7.22. The summed E-state index contributed by atoms with van der Waals surface area (Å²) < 4.78 is 3.02. The predicted molar refractivity (Wildman–Crippen MR) is 95.3 cm³/mol. The van der Waals surface area contributed by atoms with Gasteiger partial charge in [-0.25, -0.2) is 9.67 Å². The summed E-state index contributed by atoms with van der Waals surface area (Å²) in [5, 5.41) is 16.0. The van der Waals surface area contributed by atoms with E-state index in [0.717, 1.165) is 48.1 Å². The standard InChI is InChI=1S/C17H21N5OS/c1-11-15-16(21(2)20-11)19-17(24-15)22-9-6-12(7-10-22)14(23)13-5-3-4-8-18-13/h3-5,8,12,14,23H,6-7,9-10H2,1-2H3/t14-/m1/s1. The third-order valence-electron chi connectivity index (χ3n) is 4.78. The van der Waals surface area contributed by atoms with E-state index in [-0.39, 0.29) is 5.92 Å². The number of fused-ring (bicyclic) bond motifs is 1. The number of aryl methyl sites for hydroxylation is 2. The summed E-state index contributed by atoms with van der Waals surface area (Å²) in [6.07, 6.45) is 3.16. The Morgan fingerprint density at radius 1 is 1.29 bits per heavy atom. The molecule has 24 heavy (non-hydrogen) atoms. The molecule has 1 aliphatic rings. The summed E-state index contributed by atoms with van der Waals surface area (Å²) >= 11 is 1.71. The average molecular weight is 343 g/mol. The van der Waals surface area contributed by atoms with Gasteiger partial charge in [-0.1, -0.05) is 17.4 Å². The molecule has 4 rings (SSSR count). The minimum atomic E-state index is -0.477. The minimum Gasteiger partial charge on any atom is -0.387 e. The quantitative estimate of drug-likeness (QED) is 0.792. The fourth-order valence-corrected chi connectivity index (χ4v) is 4.49. The van der Waals surface area contributed by atoms with E-state index in [0.29, 0.717) is 0 Å². The number of piperidine rings is 1. The van der Waals surface area contributed by atoms with Gasteiger partial charge in [0.25, 0.3) is 0 Å². The Morgan fingerprint density at radius 3 is 2.75 bits per heavy atom. The second-order valence-electron chi connectivity index (χ2n) is 6.38. The van der Waals surface area contributed by atoms with Crippen molar-refractivity contribution in [1.29, 1.82) is 0 Å². The van der Waals surface area contributed by atoms with Crippen LogP contribution >= 0.6 is 11.3 Å². The monoisotopic (exact) mass is 343 g/mol. The topological polar surface area (TPSA) is 67.1 Å². The normalized spacial score (nSPS) is 17.5. The molecular weight excluding hydrogens is 322 g/mol. The number of thiazole rings is 1. The van der Waals surface area contributed by atoms with Gasteiger partial charge in [0.15, 0.2) is 10.8 Å². The Hall–Kier alpha value is -1.99. The molecular formula is C17H21N5OS. The van der Waals surface area contributed by atoms with Crippen molar-refractivity contribution in [2.75, 3.05) is 18.0 Å². The highest BCUT2D eigenvalue weighted by Gasteiger charge is 2.28. The molecule has 7 heteroatoms. The number of nitrogens with zero attached hydrogens (tertiary/aromatic N) is 5. The molecule has 0 amide bonds. The Bertz CT molecular complexity index is 801. The molecule has 1 aliphatic heterocycles. The van der Waals surface area contributed by atoms with Gasteiger partial charge in [0.1, 0.15) is 0 Å². The maximum Gasteiger partial charge on any atom is 0.188 e. The number of hydrogen-bond acceptors (Lipinski definition) is 6. The van der Waals surface area contributed by atoms with E-state index in [4.69, 9.17) is 4.98 Å². The first-order chi connectivity index (χ1) is 11.6. The number of aliphatic hydroxyl groups is 1. The van der Waals surface area contributed by atoms with Crippen molar-refractivity contribution in [3.05, 3.63) is 35.8 Å². The molecule has 4 heterocycles. The lowest BCUT2D eigenvalue weighted by Crippen LogP contribution is -2.35. The van der Waals surface area contributed by atoms with Gasteiger partial charge in [0, 0.05) is 26.3 Å². The van der Waals surface area contributed by atoms with Crippen molar-refractivity contribution in [3.63, 3.8) is 0 Å². The van der Waals surface area contributed by atoms with Crippen LogP contribution in [0, 0.1) is 12.8 Å². The summed E-state index contributed by atoms with van der Waals surface area (Å²) in [5.74, 6) is 0.258. The summed E-state index contributed by atoms with van der Waals surface area (Å²) in [6, 6.07) is 5.71. The second-order valence-corrected chi connectivity index (χ2v) is 7.36. The fourth-order valence-electron chi connectivity index (χ4n) is 3.41. The molecule has 3 aromatic rings. The van der Waals surface area contributed by atoms with E-state index >= 15 is 0 Å². The molecule has 0 aromatic carbocycles. The zero-order chi connectivity index (χ0) is 16.7. The predicted octanol–water partition coefficient (Wildman–Crippen LogP) is 2.68. The van der Waals surface area contributed by atoms with E-state index in [2.05, 4.69) is 15.0 Å². The Balaban J connectivity index is 1.46. The first kappa shape index (κ1) is 15.5. The molecule has 1 fully saturated rings. The Labute approximate surface area is 144 Å². The van der Waals surface area contributed by atoms with Gasteiger partial charge in [-0.2, -0.15) is 5.10 Å². The van der Waals surface area contributed by atoms with Gasteiger partial charge in [0.05, 0.1) is 22.2 Å². The van der Waals surface area contributed by atoms with Crippen molar-refractivity contribution < 1.29 is 5.11 Å². The third-order valence-corrected chi connectivity index (χ3v) is 5.99. The lowest BCUT2D eigenvalue weighted by Gasteiger charge is -2.33. The van der Waals surface area contributed by atoms with E-state index in [1.54, 1.807) is 17.5 Å². The van der Waals surface area contributed by atoms with Gasteiger partial charge in [-0.15, -0.1) is 0 Å². The minimum absolute atomic E-state index is 0.258. The van der Waals surface area contributed by atoms with Crippen molar-refractivity contribution >= 4 is 26.8 Å². The van der Waals surface area contributed by atoms with Crippen LogP contribution in [0.1, 0.15) is 30.3 Å². The number of hydrogen-bond donors (Lipinski definition) is 1. The summed E-state index contributed by atoms with van der Waals surface area (Å²) in [6.45, 7) is 3.86. The zero-order valence-corrected chi connectivity index (χ0v) is 14.7. The van der Waals surface area contributed by atoms with Crippen LogP contribution in [0.5, 0.6) is 0 Å². The number of aliphatic hydroxyl groups excluding tert-OH is 1. The third kappa shape index (κ3) is 2.67. The van der Waals surface area contributed by atoms with Gasteiger partial charge in [-0.3, -0.25) is 4.98 Å². The maximum absolute atomic E-state index is 10.6. The Kier molecular flexibility index (Phi) is 3.97. The summed E-state index contributed by atoms with van der Waals surface area (Å²) in [4.78, 5) is 11.4. The smallest absolute Gasteiger partial charge is 0.188 e. The number of anilines is 1. The molecule has 0 bridgehead atoms. The highest BCUT2D eigenvalue weighted by Crippen LogP contribution is 2.35. The van der Waals surface area contributed by atoms with Crippen LogP contribution in [0.3, 0.4) is 0 Å².